The summed E-state index contributed by atoms with van der Waals surface area (Å²) in [5.74, 6) is -0.116. The Morgan fingerprint density at radius 1 is 1.35 bits per heavy atom. The quantitative estimate of drug-likeness (QED) is 0.823. The van der Waals surface area contributed by atoms with Gasteiger partial charge in [-0.25, -0.2) is 13.1 Å². The van der Waals surface area contributed by atoms with E-state index in [1.807, 2.05) is 0 Å². The Morgan fingerprint density at radius 2 is 2.05 bits per heavy atom. The average Bonchev–Trinajstić information content (AvgIpc) is 2.99. The Labute approximate surface area is 118 Å². The van der Waals surface area contributed by atoms with Crippen molar-refractivity contribution in [1.82, 2.24) is 10.0 Å². The van der Waals surface area contributed by atoms with Gasteiger partial charge in [0.25, 0.3) is 0 Å². The molecular weight excluding hydrogens is 280 g/mol. The third kappa shape index (κ3) is 3.56. The maximum Gasteiger partial charge on any atom is 0.249 e. The molecule has 1 fully saturated rings. The summed E-state index contributed by atoms with van der Waals surface area (Å²) in [5, 5.41) is 2.78. The van der Waals surface area contributed by atoms with E-state index in [0.29, 0.717) is 13.2 Å². The lowest BCUT2D eigenvalue weighted by molar-refractivity contribution is -0.130. The molecule has 1 saturated heterocycles. The summed E-state index contributed by atoms with van der Waals surface area (Å²) in [4.78, 5) is 12.0. The van der Waals surface area contributed by atoms with Crippen LogP contribution in [0.25, 0.3) is 0 Å². The largest absolute Gasteiger partial charge is 0.368 e. The van der Waals surface area contributed by atoms with Crippen LogP contribution in [0.3, 0.4) is 0 Å². The molecule has 0 aliphatic carbocycles. The Hall–Kier alpha value is -1.44. The highest BCUT2D eigenvalue weighted by Crippen LogP contribution is 2.13. The van der Waals surface area contributed by atoms with E-state index in [4.69, 9.17) is 4.74 Å². The lowest BCUT2D eigenvalue weighted by atomic mass is 10.2. The van der Waals surface area contributed by atoms with E-state index >= 15 is 0 Å². The highest BCUT2D eigenvalue weighted by Gasteiger charge is 2.23. The molecule has 1 aromatic carbocycles. The fourth-order valence-corrected chi connectivity index (χ4v) is 2.72. The number of rotatable bonds is 5. The van der Waals surface area contributed by atoms with E-state index in [1.165, 1.54) is 19.2 Å². The van der Waals surface area contributed by atoms with E-state index in [0.717, 1.165) is 18.4 Å². The standard InChI is InChI=1S/C13H18N2O4S/c1-14-20(17,18)11-6-4-10(5-7-11)9-15-13(16)12-3-2-8-19-12/h4-7,12,14H,2-3,8-9H2,1H3,(H,15,16)/t12-/m1/s1. The van der Waals surface area contributed by atoms with E-state index in [1.54, 1.807) is 12.1 Å². The number of hydrogen-bond donors (Lipinski definition) is 2. The molecule has 0 radical (unpaired) electrons. The predicted molar refractivity (Wildman–Crippen MR) is 73.5 cm³/mol. The van der Waals surface area contributed by atoms with Crippen LogP contribution in [-0.2, 0) is 26.1 Å². The molecule has 0 unspecified atom stereocenters. The van der Waals surface area contributed by atoms with Crippen molar-refractivity contribution >= 4 is 15.9 Å². The van der Waals surface area contributed by atoms with Crippen LogP contribution in [0.2, 0.25) is 0 Å². The van der Waals surface area contributed by atoms with Crippen LogP contribution in [0.5, 0.6) is 0 Å². The minimum Gasteiger partial charge on any atom is -0.368 e. The maximum absolute atomic E-state index is 11.7. The second-order valence-electron chi connectivity index (χ2n) is 4.57. The summed E-state index contributed by atoms with van der Waals surface area (Å²) < 4.78 is 30.6. The zero-order valence-electron chi connectivity index (χ0n) is 11.3. The maximum atomic E-state index is 11.7. The first-order chi connectivity index (χ1) is 9.53. The van der Waals surface area contributed by atoms with Gasteiger partial charge >= 0.3 is 0 Å². The number of ether oxygens (including phenoxy) is 1. The monoisotopic (exact) mass is 298 g/mol. The third-order valence-corrected chi connectivity index (χ3v) is 4.62. The molecule has 0 bridgehead atoms. The van der Waals surface area contributed by atoms with Crippen molar-refractivity contribution in [1.29, 1.82) is 0 Å². The van der Waals surface area contributed by atoms with Crippen LogP contribution in [-0.4, -0.2) is 34.1 Å². The number of benzene rings is 1. The molecular formula is C13H18N2O4S. The van der Waals surface area contributed by atoms with Crippen molar-refractivity contribution in [3.8, 4) is 0 Å². The zero-order valence-corrected chi connectivity index (χ0v) is 12.1. The number of amides is 1. The van der Waals surface area contributed by atoms with Crippen LogP contribution in [0, 0.1) is 0 Å². The number of nitrogens with one attached hydrogen (secondary N) is 2. The summed E-state index contributed by atoms with van der Waals surface area (Å²) in [6, 6.07) is 6.39. The third-order valence-electron chi connectivity index (χ3n) is 3.19. The molecule has 2 rings (SSSR count). The average molecular weight is 298 g/mol. The van der Waals surface area contributed by atoms with Crippen LogP contribution in [0.4, 0.5) is 0 Å². The van der Waals surface area contributed by atoms with Gasteiger partial charge in [-0.15, -0.1) is 0 Å². The highest BCUT2D eigenvalue weighted by molar-refractivity contribution is 7.89. The highest BCUT2D eigenvalue weighted by atomic mass is 32.2. The normalized spacial score (nSPS) is 18.9. The van der Waals surface area contributed by atoms with Crippen LogP contribution in [0.15, 0.2) is 29.2 Å². The molecule has 0 spiro atoms. The first-order valence-corrected chi connectivity index (χ1v) is 7.93. The molecule has 1 aliphatic rings. The number of hydrogen-bond acceptors (Lipinski definition) is 4. The molecule has 7 heteroatoms. The summed E-state index contributed by atoms with van der Waals surface area (Å²) >= 11 is 0. The topological polar surface area (TPSA) is 84.5 Å². The molecule has 110 valence electrons. The van der Waals surface area contributed by atoms with Gasteiger partial charge in [-0.1, -0.05) is 12.1 Å². The lowest BCUT2D eigenvalue weighted by Gasteiger charge is -2.10. The molecule has 1 amide bonds. The van der Waals surface area contributed by atoms with Crippen molar-refractivity contribution in [2.24, 2.45) is 0 Å². The summed E-state index contributed by atoms with van der Waals surface area (Å²) in [6.07, 6.45) is 1.32. The fourth-order valence-electron chi connectivity index (χ4n) is 1.99. The van der Waals surface area contributed by atoms with Crippen molar-refractivity contribution in [2.75, 3.05) is 13.7 Å². The number of carbonyl (C=O) groups is 1. The van der Waals surface area contributed by atoms with Crippen LogP contribution in [0.1, 0.15) is 18.4 Å². The smallest absolute Gasteiger partial charge is 0.249 e. The van der Waals surface area contributed by atoms with Gasteiger partial charge < -0.3 is 10.1 Å². The van der Waals surface area contributed by atoms with Crippen molar-refractivity contribution in [3.05, 3.63) is 29.8 Å². The molecule has 6 nitrogen and oxygen atoms in total. The predicted octanol–water partition coefficient (Wildman–Crippen LogP) is 0.390. The summed E-state index contributed by atoms with van der Waals surface area (Å²) in [7, 11) is -2.05. The molecule has 20 heavy (non-hydrogen) atoms. The van der Waals surface area contributed by atoms with Gasteiger partial charge in [0.1, 0.15) is 6.10 Å². The SMILES string of the molecule is CNS(=O)(=O)c1ccc(CNC(=O)[C@H]2CCCO2)cc1. The Kier molecular flexibility index (Phi) is 4.74. The van der Waals surface area contributed by atoms with Crippen molar-refractivity contribution in [2.45, 2.75) is 30.4 Å². The lowest BCUT2D eigenvalue weighted by Crippen LogP contribution is -2.33. The molecule has 1 heterocycles. The Balaban J connectivity index is 1.92. The molecule has 0 saturated carbocycles. The number of carbonyl (C=O) groups excluding carboxylic acids is 1. The van der Waals surface area contributed by atoms with Gasteiger partial charge in [-0.3, -0.25) is 4.79 Å². The van der Waals surface area contributed by atoms with Crippen LogP contribution < -0.4 is 10.0 Å². The molecule has 2 N–H and O–H groups in total. The van der Waals surface area contributed by atoms with Crippen molar-refractivity contribution in [3.63, 3.8) is 0 Å². The molecule has 1 aromatic rings. The van der Waals surface area contributed by atoms with Crippen molar-refractivity contribution < 1.29 is 17.9 Å². The van der Waals surface area contributed by atoms with Gasteiger partial charge in [0.05, 0.1) is 4.90 Å². The zero-order chi connectivity index (χ0) is 14.6. The van der Waals surface area contributed by atoms with Gasteiger partial charge in [0.2, 0.25) is 15.9 Å². The molecule has 1 atom stereocenters. The first-order valence-electron chi connectivity index (χ1n) is 6.45. The van der Waals surface area contributed by atoms with Gasteiger partial charge in [-0.05, 0) is 37.6 Å². The van der Waals surface area contributed by atoms with E-state index < -0.39 is 10.0 Å². The Morgan fingerprint density at radius 3 is 2.60 bits per heavy atom. The van der Waals surface area contributed by atoms with Gasteiger partial charge in [-0.2, -0.15) is 0 Å². The van der Waals surface area contributed by atoms with E-state index in [-0.39, 0.29) is 16.9 Å². The summed E-state index contributed by atoms with van der Waals surface area (Å²) in [5.41, 5.74) is 0.839. The van der Waals surface area contributed by atoms with Gasteiger partial charge in [0.15, 0.2) is 0 Å². The number of sulfonamides is 1. The van der Waals surface area contributed by atoms with E-state index in [9.17, 15) is 13.2 Å². The first kappa shape index (κ1) is 15.0. The minimum absolute atomic E-state index is 0.116. The van der Waals surface area contributed by atoms with E-state index in [2.05, 4.69) is 10.0 Å². The summed E-state index contributed by atoms with van der Waals surface area (Å²) in [6.45, 7) is 0.993. The molecule has 1 aliphatic heterocycles. The fraction of sp³-hybridized carbons (Fsp3) is 0.462. The second-order valence-corrected chi connectivity index (χ2v) is 6.46. The van der Waals surface area contributed by atoms with Gasteiger partial charge in [0, 0.05) is 13.2 Å². The second kappa shape index (κ2) is 6.34. The molecule has 0 aromatic heterocycles. The Bertz CT molecular complexity index is 563. The van der Waals surface area contributed by atoms with Crippen LogP contribution >= 0.6 is 0 Å². The minimum atomic E-state index is -3.42.